The fourth-order valence-corrected chi connectivity index (χ4v) is 3.51. The Balaban J connectivity index is 1.93. The van der Waals surface area contributed by atoms with Gasteiger partial charge in [-0.1, -0.05) is 6.07 Å². The second-order valence-corrected chi connectivity index (χ2v) is 6.06. The average molecular weight is 309 g/mol. The van der Waals surface area contributed by atoms with Crippen molar-refractivity contribution in [2.24, 2.45) is 16.5 Å². The molecule has 1 unspecified atom stereocenters. The molecule has 3 heterocycles. The van der Waals surface area contributed by atoms with Crippen molar-refractivity contribution in [1.82, 2.24) is 10.3 Å². The molecular weight excluding hydrogens is 294 g/mol. The van der Waals surface area contributed by atoms with Crippen LogP contribution in [0.5, 0.6) is 0 Å². The van der Waals surface area contributed by atoms with E-state index in [0.29, 0.717) is 11.6 Å². The Hall–Kier alpha value is -2.73. The summed E-state index contributed by atoms with van der Waals surface area (Å²) in [5.74, 6) is 0.705. The molecule has 22 heavy (non-hydrogen) atoms. The second-order valence-electron chi connectivity index (χ2n) is 5.28. The van der Waals surface area contributed by atoms with E-state index in [1.54, 1.807) is 11.3 Å². The van der Waals surface area contributed by atoms with Crippen LogP contribution in [0.15, 0.2) is 63.9 Å². The molecular formula is C16H15N5S. The summed E-state index contributed by atoms with van der Waals surface area (Å²) in [4.78, 5) is 7.51. The van der Waals surface area contributed by atoms with Crippen molar-refractivity contribution in [3.8, 4) is 0 Å². The molecule has 110 valence electrons. The lowest BCUT2D eigenvalue weighted by Crippen LogP contribution is -2.49. The monoisotopic (exact) mass is 309 g/mol. The number of hydrogen-bond donors (Lipinski definition) is 4. The lowest BCUT2D eigenvalue weighted by atomic mass is 9.84. The van der Waals surface area contributed by atoms with Crippen molar-refractivity contribution in [1.29, 1.82) is 0 Å². The van der Waals surface area contributed by atoms with Crippen LogP contribution in [0.25, 0.3) is 10.9 Å². The zero-order valence-electron chi connectivity index (χ0n) is 11.7. The van der Waals surface area contributed by atoms with Gasteiger partial charge in [-0.15, -0.1) is 0 Å². The molecule has 3 aromatic rings. The lowest BCUT2D eigenvalue weighted by Gasteiger charge is -2.35. The van der Waals surface area contributed by atoms with Gasteiger partial charge >= 0.3 is 0 Å². The van der Waals surface area contributed by atoms with Gasteiger partial charge in [0.15, 0.2) is 5.82 Å². The van der Waals surface area contributed by atoms with Gasteiger partial charge in [0.05, 0.1) is 0 Å². The minimum Gasteiger partial charge on any atom is -0.382 e. The Morgan fingerprint density at radius 3 is 2.77 bits per heavy atom. The van der Waals surface area contributed by atoms with Crippen LogP contribution in [0.1, 0.15) is 11.1 Å². The van der Waals surface area contributed by atoms with Crippen molar-refractivity contribution in [2.75, 3.05) is 0 Å². The maximum absolute atomic E-state index is 6.02. The van der Waals surface area contributed by atoms with E-state index in [4.69, 9.17) is 11.5 Å². The zero-order valence-corrected chi connectivity index (χ0v) is 12.5. The van der Waals surface area contributed by atoms with Crippen molar-refractivity contribution < 1.29 is 0 Å². The Labute approximate surface area is 131 Å². The normalized spacial score (nSPS) is 21.3. The number of aliphatic imine (C=N–C) groups is 1. The molecule has 1 aliphatic heterocycles. The highest BCUT2D eigenvalue weighted by atomic mass is 32.1. The molecule has 0 saturated heterocycles. The van der Waals surface area contributed by atoms with Crippen LogP contribution in [0, 0.1) is 0 Å². The molecule has 1 atom stereocenters. The second kappa shape index (κ2) is 4.64. The first-order valence-electron chi connectivity index (χ1n) is 6.88. The van der Waals surface area contributed by atoms with Crippen LogP contribution in [-0.2, 0) is 5.54 Å². The van der Waals surface area contributed by atoms with E-state index in [2.05, 4.69) is 44.9 Å². The predicted octanol–water partition coefficient (Wildman–Crippen LogP) is 2.19. The number of benzene rings is 1. The largest absolute Gasteiger partial charge is 0.382 e. The molecule has 2 aromatic heterocycles. The Kier molecular flexibility index (Phi) is 2.74. The van der Waals surface area contributed by atoms with Gasteiger partial charge in [0.2, 0.25) is 0 Å². The molecule has 6 heteroatoms. The Bertz CT molecular complexity index is 890. The van der Waals surface area contributed by atoms with E-state index in [1.165, 1.54) is 0 Å². The SMILES string of the molecule is NC1=C(N)NC(c2ccsc2)(c2ccc3[nH]ccc3c2)C=N1. The maximum Gasteiger partial charge on any atom is 0.163 e. The summed E-state index contributed by atoms with van der Waals surface area (Å²) >= 11 is 1.64. The summed E-state index contributed by atoms with van der Waals surface area (Å²) in [6.45, 7) is 0. The van der Waals surface area contributed by atoms with Gasteiger partial charge in [-0.3, -0.25) is 0 Å². The summed E-state index contributed by atoms with van der Waals surface area (Å²) in [6.07, 6.45) is 3.76. The molecule has 1 aliphatic rings. The van der Waals surface area contributed by atoms with E-state index in [9.17, 15) is 0 Å². The number of fused-ring (bicyclic) bond motifs is 1. The highest BCUT2D eigenvalue weighted by Gasteiger charge is 2.36. The van der Waals surface area contributed by atoms with E-state index in [-0.39, 0.29) is 0 Å². The smallest absolute Gasteiger partial charge is 0.163 e. The number of nitrogens with one attached hydrogen (secondary N) is 2. The molecule has 5 nitrogen and oxygen atoms in total. The van der Waals surface area contributed by atoms with Crippen molar-refractivity contribution >= 4 is 28.5 Å². The number of hydrogen-bond acceptors (Lipinski definition) is 5. The van der Waals surface area contributed by atoms with Crippen LogP contribution in [0.2, 0.25) is 0 Å². The zero-order chi connectivity index (χ0) is 15.2. The summed E-state index contributed by atoms with van der Waals surface area (Å²) < 4.78 is 0. The van der Waals surface area contributed by atoms with Crippen molar-refractivity contribution in [3.63, 3.8) is 0 Å². The lowest BCUT2D eigenvalue weighted by molar-refractivity contribution is 0.575. The van der Waals surface area contributed by atoms with Crippen LogP contribution >= 0.6 is 11.3 Å². The van der Waals surface area contributed by atoms with Gasteiger partial charge in [0.1, 0.15) is 11.4 Å². The molecule has 0 spiro atoms. The number of H-pyrrole nitrogens is 1. The predicted molar refractivity (Wildman–Crippen MR) is 90.4 cm³/mol. The first-order valence-corrected chi connectivity index (χ1v) is 7.82. The summed E-state index contributed by atoms with van der Waals surface area (Å²) in [7, 11) is 0. The fourth-order valence-electron chi connectivity index (χ4n) is 2.79. The molecule has 0 amide bonds. The molecule has 0 bridgehead atoms. The van der Waals surface area contributed by atoms with Gasteiger partial charge in [-0.25, -0.2) is 4.99 Å². The van der Waals surface area contributed by atoms with Gasteiger partial charge in [0, 0.05) is 17.9 Å². The average Bonchev–Trinajstić information content (AvgIpc) is 3.20. The molecule has 0 saturated carbocycles. The summed E-state index contributed by atoms with van der Waals surface area (Å²) in [6, 6.07) is 10.4. The van der Waals surface area contributed by atoms with Crippen LogP contribution < -0.4 is 16.8 Å². The molecule has 1 aromatic carbocycles. The third kappa shape index (κ3) is 1.81. The highest BCUT2D eigenvalue weighted by molar-refractivity contribution is 7.08. The first-order chi connectivity index (χ1) is 10.7. The molecule has 0 aliphatic carbocycles. The topological polar surface area (TPSA) is 92.2 Å². The minimum absolute atomic E-state index is 0.313. The van der Waals surface area contributed by atoms with Crippen LogP contribution in [0.3, 0.4) is 0 Å². The standard InChI is InChI=1S/C16H15N5S/c17-14-15(18)21-16(9-20-14,12-4-6-22-8-12)11-1-2-13-10(7-11)3-5-19-13/h1-9,19,21H,17-18H2. The van der Waals surface area contributed by atoms with Gasteiger partial charge in [-0.05, 0) is 51.5 Å². The molecule has 4 rings (SSSR count). The van der Waals surface area contributed by atoms with Crippen molar-refractivity contribution in [2.45, 2.75) is 5.54 Å². The Morgan fingerprint density at radius 1 is 1.09 bits per heavy atom. The quantitative estimate of drug-likeness (QED) is 0.584. The molecule has 0 fully saturated rings. The first kappa shape index (κ1) is 13.0. The van der Waals surface area contributed by atoms with Gasteiger partial charge < -0.3 is 21.8 Å². The minimum atomic E-state index is -0.599. The van der Waals surface area contributed by atoms with E-state index in [0.717, 1.165) is 22.0 Å². The fraction of sp³-hybridized carbons (Fsp3) is 0.0625. The Morgan fingerprint density at radius 2 is 2.00 bits per heavy atom. The third-order valence-electron chi connectivity index (χ3n) is 3.99. The summed E-state index contributed by atoms with van der Waals surface area (Å²) in [5, 5.41) is 8.61. The number of nitrogens with zero attached hydrogens (tertiary/aromatic N) is 1. The number of rotatable bonds is 2. The van der Waals surface area contributed by atoms with E-state index >= 15 is 0 Å². The van der Waals surface area contributed by atoms with Gasteiger partial charge in [0.25, 0.3) is 0 Å². The third-order valence-corrected chi connectivity index (χ3v) is 4.67. The van der Waals surface area contributed by atoms with Crippen molar-refractivity contribution in [3.05, 3.63) is 70.1 Å². The van der Waals surface area contributed by atoms with Crippen LogP contribution in [-0.4, -0.2) is 11.2 Å². The molecule has 6 N–H and O–H groups in total. The number of thiophene rings is 1. The number of nitrogens with two attached hydrogens (primary N) is 2. The van der Waals surface area contributed by atoms with E-state index in [1.807, 2.05) is 23.9 Å². The van der Waals surface area contributed by atoms with Gasteiger partial charge in [-0.2, -0.15) is 11.3 Å². The van der Waals surface area contributed by atoms with Crippen LogP contribution in [0.4, 0.5) is 0 Å². The highest BCUT2D eigenvalue weighted by Crippen LogP contribution is 2.34. The number of aromatic nitrogens is 1. The van der Waals surface area contributed by atoms with E-state index < -0.39 is 5.54 Å². The molecule has 0 radical (unpaired) electrons. The maximum atomic E-state index is 6.02. The summed E-state index contributed by atoms with van der Waals surface area (Å²) in [5.41, 5.74) is 14.5. The number of aromatic amines is 1.